The first kappa shape index (κ1) is 22.9. The molecular weight excluding hydrogens is 452 g/mol. The van der Waals surface area contributed by atoms with Gasteiger partial charge in [0.05, 0.1) is 23.1 Å². The molecule has 0 radical (unpaired) electrons. The lowest BCUT2D eigenvalue weighted by atomic mass is 10.0. The minimum Gasteiger partial charge on any atom is -0.489 e. The van der Waals surface area contributed by atoms with E-state index < -0.39 is 10.0 Å². The smallest absolute Gasteiger partial charge is 0.258 e. The Morgan fingerprint density at radius 3 is 2.59 bits per heavy atom. The maximum atomic E-state index is 13.4. The van der Waals surface area contributed by atoms with Crippen LogP contribution in [0, 0.1) is 0 Å². The third-order valence-electron chi connectivity index (χ3n) is 5.81. The zero-order valence-electron chi connectivity index (χ0n) is 18.3. The molecule has 0 saturated heterocycles. The van der Waals surface area contributed by atoms with E-state index in [1.165, 1.54) is 4.31 Å². The largest absolute Gasteiger partial charge is 0.489 e. The summed E-state index contributed by atoms with van der Waals surface area (Å²) in [6.07, 6.45) is 2.20. The van der Waals surface area contributed by atoms with Crippen LogP contribution in [0.1, 0.15) is 42.6 Å². The molecule has 9 heteroatoms. The van der Waals surface area contributed by atoms with Crippen molar-refractivity contribution in [2.45, 2.75) is 38.0 Å². The van der Waals surface area contributed by atoms with Crippen molar-refractivity contribution in [3.8, 4) is 11.5 Å². The van der Waals surface area contributed by atoms with Crippen molar-refractivity contribution in [3.63, 3.8) is 0 Å². The van der Waals surface area contributed by atoms with Crippen LogP contribution in [0.25, 0.3) is 0 Å². The molecule has 7 nitrogen and oxygen atoms in total. The zero-order chi connectivity index (χ0) is 22.9. The number of carbonyl (C=O) groups is 1. The zero-order valence-corrected chi connectivity index (χ0v) is 19.8. The lowest BCUT2D eigenvalue weighted by molar-refractivity contribution is 0.0984. The lowest BCUT2D eigenvalue weighted by Gasteiger charge is -2.30. The van der Waals surface area contributed by atoms with Crippen molar-refractivity contribution in [3.05, 3.63) is 46.5 Å². The first-order valence-corrected chi connectivity index (χ1v) is 12.7. The highest BCUT2D eigenvalue weighted by atomic mass is 35.5. The predicted octanol–water partition coefficient (Wildman–Crippen LogP) is 4.12. The van der Waals surface area contributed by atoms with Crippen molar-refractivity contribution in [1.29, 1.82) is 0 Å². The molecule has 0 atom stereocenters. The average molecular weight is 479 g/mol. The summed E-state index contributed by atoms with van der Waals surface area (Å²) in [5.41, 5.74) is 1.98. The average Bonchev–Trinajstić information content (AvgIpc) is 3.04. The highest BCUT2D eigenvalue weighted by Gasteiger charge is 2.29. The number of ether oxygens (including phenoxy) is 2. The van der Waals surface area contributed by atoms with Gasteiger partial charge in [0.1, 0.15) is 0 Å². The highest BCUT2D eigenvalue weighted by molar-refractivity contribution is 7.89. The summed E-state index contributed by atoms with van der Waals surface area (Å²) in [4.78, 5) is 15.4. The Hall–Kier alpha value is -2.29. The van der Waals surface area contributed by atoms with Gasteiger partial charge in [0, 0.05) is 37.3 Å². The predicted molar refractivity (Wildman–Crippen MR) is 124 cm³/mol. The fourth-order valence-electron chi connectivity index (χ4n) is 4.17. The van der Waals surface area contributed by atoms with E-state index in [9.17, 15) is 13.2 Å². The number of fused-ring (bicyclic) bond motifs is 2. The van der Waals surface area contributed by atoms with E-state index in [2.05, 4.69) is 0 Å². The number of rotatable bonds is 5. The molecular formula is C23H27ClN2O5S. The molecule has 2 heterocycles. The Kier molecular flexibility index (Phi) is 6.65. The van der Waals surface area contributed by atoms with Crippen LogP contribution in [-0.2, 0) is 16.4 Å². The summed E-state index contributed by atoms with van der Waals surface area (Å²) in [7, 11) is -3.56. The molecule has 4 rings (SSSR count). The summed E-state index contributed by atoms with van der Waals surface area (Å²) in [6, 6.07) is 8.28. The second-order valence-corrected chi connectivity index (χ2v) is 10.1. The maximum Gasteiger partial charge on any atom is 0.258 e. The number of benzene rings is 2. The summed E-state index contributed by atoms with van der Waals surface area (Å²) in [5, 5.41) is 0.339. The van der Waals surface area contributed by atoms with Gasteiger partial charge in [0.25, 0.3) is 5.91 Å². The Morgan fingerprint density at radius 1 is 1.09 bits per heavy atom. The molecule has 0 spiro atoms. The maximum absolute atomic E-state index is 13.4. The monoisotopic (exact) mass is 478 g/mol. The number of amides is 1. The number of aryl methyl sites for hydroxylation is 1. The molecule has 2 aromatic carbocycles. The number of halogens is 1. The molecule has 0 fully saturated rings. The van der Waals surface area contributed by atoms with Crippen LogP contribution >= 0.6 is 11.6 Å². The molecule has 0 aliphatic carbocycles. The fraction of sp³-hybridized carbons (Fsp3) is 0.435. The molecule has 0 bridgehead atoms. The van der Waals surface area contributed by atoms with Crippen molar-refractivity contribution in [1.82, 2.24) is 4.31 Å². The van der Waals surface area contributed by atoms with E-state index in [0.29, 0.717) is 61.4 Å². The number of anilines is 1. The molecule has 0 N–H and O–H groups in total. The van der Waals surface area contributed by atoms with E-state index >= 15 is 0 Å². The second kappa shape index (κ2) is 9.29. The summed E-state index contributed by atoms with van der Waals surface area (Å²) in [6.45, 7) is 6.01. The normalized spacial score (nSPS) is 15.9. The Balaban J connectivity index is 1.67. The van der Waals surface area contributed by atoms with Gasteiger partial charge in [-0.1, -0.05) is 25.4 Å². The Labute approximate surface area is 193 Å². The summed E-state index contributed by atoms with van der Waals surface area (Å²) >= 11 is 6.38. The number of nitrogens with zero attached hydrogens (tertiary/aromatic N) is 2. The van der Waals surface area contributed by atoms with Gasteiger partial charge < -0.3 is 14.4 Å². The molecule has 2 aromatic rings. The van der Waals surface area contributed by atoms with Crippen LogP contribution in [-0.4, -0.2) is 51.5 Å². The van der Waals surface area contributed by atoms with E-state index in [4.69, 9.17) is 21.1 Å². The molecule has 1 amide bonds. The van der Waals surface area contributed by atoms with Gasteiger partial charge >= 0.3 is 0 Å². The van der Waals surface area contributed by atoms with Crippen molar-refractivity contribution in [2.24, 2.45) is 0 Å². The van der Waals surface area contributed by atoms with Gasteiger partial charge in [0.2, 0.25) is 10.0 Å². The van der Waals surface area contributed by atoms with Crippen molar-refractivity contribution < 1.29 is 22.7 Å². The molecule has 0 saturated carbocycles. The van der Waals surface area contributed by atoms with Gasteiger partial charge in [-0.25, -0.2) is 8.42 Å². The molecule has 2 aliphatic rings. The number of sulfonamides is 1. The third kappa shape index (κ3) is 4.19. The van der Waals surface area contributed by atoms with Crippen LogP contribution in [0.15, 0.2) is 35.2 Å². The van der Waals surface area contributed by atoms with E-state index in [1.54, 1.807) is 35.2 Å². The SMILES string of the molecule is CCN(CC)S(=O)(=O)c1ccc2c(c1)CCCN2C(=O)c1cc(Cl)c2c(c1)OCCCO2. The van der Waals surface area contributed by atoms with Crippen molar-refractivity contribution >= 4 is 33.2 Å². The number of carbonyl (C=O) groups excluding carboxylic acids is 1. The van der Waals surface area contributed by atoms with Crippen LogP contribution in [0.2, 0.25) is 5.02 Å². The quantitative estimate of drug-likeness (QED) is 0.646. The van der Waals surface area contributed by atoms with Gasteiger partial charge in [-0.15, -0.1) is 0 Å². The highest BCUT2D eigenvalue weighted by Crippen LogP contribution is 2.39. The topological polar surface area (TPSA) is 76.2 Å². The van der Waals surface area contributed by atoms with Crippen LogP contribution in [0.4, 0.5) is 5.69 Å². The number of hydrogen-bond donors (Lipinski definition) is 0. The Morgan fingerprint density at radius 2 is 1.84 bits per heavy atom. The molecule has 0 unspecified atom stereocenters. The van der Waals surface area contributed by atoms with Crippen LogP contribution in [0.3, 0.4) is 0 Å². The van der Waals surface area contributed by atoms with Gasteiger partial charge in [0.15, 0.2) is 11.5 Å². The van der Waals surface area contributed by atoms with Gasteiger partial charge in [-0.3, -0.25) is 4.79 Å². The van der Waals surface area contributed by atoms with Crippen LogP contribution in [0.5, 0.6) is 11.5 Å². The molecule has 0 aromatic heterocycles. The van der Waals surface area contributed by atoms with E-state index in [0.717, 1.165) is 24.1 Å². The fourth-order valence-corrected chi connectivity index (χ4v) is 5.94. The van der Waals surface area contributed by atoms with Gasteiger partial charge in [-0.2, -0.15) is 4.31 Å². The van der Waals surface area contributed by atoms with Gasteiger partial charge in [-0.05, 0) is 48.7 Å². The minimum absolute atomic E-state index is 0.206. The van der Waals surface area contributed by atoms with Crippen molar-refractivity contribution in [2.75, 3.05) is 37.7 Å². The van der Waals surface area contributed by atoms with Crippen LogP contribution < -0.4 is 14.4 Å². The third-order valence-corrected chi connectivity index (χ3v) is 8.13. The molecule has 172 valence electrons. The molecule has 32 heavy (non-hydrogen) atoms. The lowest BCUT2D eigenvalue weighted by Crippen LogP contribution is -2.36. The van der Waals surface area contributed by atoms with E-state index in [1.807, 2.05) is 13.8 Å². The summed E-state index contributed by atoms with van der Waals surface area (Å²) in [5.74, 6) is 0.727. The first-order valence-electron chi connectivity index (χ1n) is 10.9. The number of hydrogen-bond acceptors (Lipinski definition) is 5. The standard InChI is InChI=1S/C23H27ClN2O5S/c1-3-25(4-2)32(28,29)18-8-9-20-16(13-18)7-5-10-26(20)23(27)17-14-19(24)22-21(15-17)30-11-6-12-31-22/h8-9,13-15H,3-7,10-12H2,1-2H3. The summed E-state index contributed by atoms with van der Waals surface area (Å²) < 4.78 is 38.7. The minimum atomic E-state index is -3.56. The Bertz CT molecular complexity index is 1130. The molecule has 2 aliphatic heterocycles. The first-order chi connectivity index (χ1) is 15.4. The second-order valence-electron chi connectivity index (χ2n) is 7.78. The van der Waals surface area contributed by atoms with E-state index in [-0.39, 0.29) is 10.8 Å².